The predicted molar refractivity (Wildman–Crippen MR) is 194 cm³/mol. The summed E-state index contributed by atoms with van der Waals surface area (Å²) in [5.74, 6) is -0.00209. The molecule has 0 bridgehead atoms. The lowest BCUT2D eigenvalue weighted by Crippen LogP contribution is -2.37. The maximum atomic E-state index is 12.5. The number of carbonyl (C=O) groups is 1. The second-order valence-corrected chi connectivity index (χ2v) is 15.9. The van der Waals surface area contributed by atoms with E-state index in [4.69, 9.17) is 13.8 Å². The molecule has 0 spiro atoms. The first kappa shape index (κ1) is 45.5. The first-order valence-electron chi connectivity index (χ1n) is 19.4. The van der Waals surface area contributed by atoms with Gasteiger partial charge < -0.3 is 19.4 Å². The molecule has 2 unspecified atom stereocenters. The largest absolute Gasteiger partial charge is 0.472 e. The van der Waals surface area contributed by atoms with Crippen molar-refractivity contribution in [1.29, 1.82) is 0 Å². The lowest BCUT2D eigenvalue weighted by Gasteiger charge is -2.24. The zero-order valence-electron chi connectivity index (χ0n) is 31.2. The van der Waals surface area contributed by atoms with E-state index in [0.717, 1.165) is 25.7 Å². The minimum atomic E-state index is -4.19. The predicted octanol–water partition coefficient (Wildman–Crippen LogP) is 10.1. The summed E-state index contributed by atoms with van der Waals surface area (Å²) < 4.78 is 29.5. The molecule has 0 aliphatic heterocycles. The molecule has 0 radical (unpaired) electrons. The summed E-state index contributed by atoms with van der Waals surface area (Å²) in [5, 5.41) is 2.96. The highest BCUT2D eigenvalue weighted by Gasteiger charge is 2.25. The highest BCUT2D eigenvalue weighted by atomic mass is 31.2. The van der Waals surface area contributed by atoms with Crippen LogP contribution in [0.5, 0.6) is 0 Å². The second-order valence-electron chi connectivity index (χ2n) is 14.4. The summed E-state index contributed by atoms with van der Waals surface area (Å²) in [7, 11) is 1.78. The molecule has 0 aliphatic rings. The van der Waals surface area contributed by atoms with Crippen LogP contribution in [0, 0.1) is 0 Å². The lowest BCUT2D eigenvalue weighted by molar-refractivity contribution is -0.870. The molecule has 9 heteroatoms. The molecule has 0 fully saturated rings. The molecule has 0 aromatic heterocycles. The highest BCUT2D eigenvalue weighted by Crippen LogP contribution is 2.43. The third-order valence-electron chi connectivity index (χ3n) is 8.58. The van der Waals surface area contributed by atoms with Gasteiger partial charge in [0.15, 0.2) is 0 Å². The average molecular weight is 678 g/mol. The smallest absolute Gasteiger partial charge is 0.374 e. The monoisotopic (exact) mass is 678 g/mol. The van der Waals surface area contributed by atoms with Crippen molar-refractivity contribution in [1.82, 2.24) is 5.32 Å². The molecule has 46 heavy (non-hydrogen) atoms. The van der Waals surface area contributed by atoms with E-state index in [1.807, 2.05) is 21.1 Å². The van der Waals surface area contributed by atoms with Gasteiger partial charge in [0, 0.05) is 19.6 Å². The topological polar surface area (TPSA) is 94.1 Å². The Bertz CT molecular complexity index is 718. The molecule has 2 atom stereocenters. The van der Waals surface area contributed by atoms with Crippen LogP contribution in [0.2, 0.25) is 0 Å². The van der Waals surface area contributed by atoms with Gasteiger partial charge in [-0.05, 0) is 12.8 Å². The molecule has 2 N–H and O–H groups in total. The van der Waals surface area contributed by atoms with Crippen molar-refractivity contribution >= 4 is 13.7 Å². The molecule has 0 aromatic rings. The average Bonchev–Trinajstić information content (AvgIpc) is 3.00. The zero-order valence-corrected chi connectivity index (χ0v) is 32.1. The van der Waals surface area contributed by atoms with Gasteiger partial charge in [-0.3, -0.25) is 13.8 Å². The Morgan fingerprint density at radius 1 is 0.630 bits per heavy atom. The first-order valence-corrected chi connectivity index (χ1v) is 20.9. The summed E-state index contributed by atoms with van der Waals surface area (Å²) in [4.78, 5) is 22.7. The van der Waals surface area contributed by atoms with E-state index in [0.29, 0.717) is 24.1 Å². The van der Waals surface area contributed by atoms with Crippen molar-refractivity contribution in [3.63, 3.8) is 0 Å². The summed E-state index contributed by atoms with van der Waals surface area (Å²) in [6.07, 6.45) is 30.5. The van der Waals surface area contributed by atoms with Crippen LogP contribution >= 0.6 is 7.82 Å². The van der Waals surface area contributed by atoms with Crippen LogP contribution in [0.1, 0.15) is 174 Å². The number of carbonyl (C=O) groups excluding carboxylic acids is 1. The van der Waals surface area contributed by atoms with Crippen LogP contribution in [-0.4, -0.2) is 75.4 Å². The fourth-order valence-corrected chi connectivity index (χ4v) is 6.19. The molecular weight excluding hydrogens is 599 g/mol. The van der Waals surface area contributed by atoms with Crippen LogP contribution in [-0.2, 0) is 23.1 Å². The van der Waals surface area contributed by atoms with E-state index in [-0.39, 0.29) is 25.7 Å². The highest BCUT2D eigenvalue weighted by molar-refractivity contribution is 7.47. The summed E-state index contributed by atoms with van der Waals surface area (Å²) in [5.41, 5.74) is 0. The van der Waals surface area contributed by atoms with E-state index in [1.165, 1.54) is 128 Å². The SMILES string of the molecule is CCCCCCCCCCCCCCCCCC(=O)NCC(COP(=O)(O)OCC[N+](C)(C)C)OCCCCCCCCCCC. The summed E-state index contributed by atoms with van der Waals surface area (Å²) >= 11 is 0. The Hall–Kier alpha value is -0.500. The van der Waals surface area contributed by atoms with Crippen molar-refractivity contribution in [2.75, 3.05) is 54.1 Å². The Kier molecular flexibility index (Phi) is 31.4. The van der Waals surface area contributed by atoms with Gasteiger partial charge >= 0.3 is 7.82 Å². The van der Waals surface area contributed by atoms with Gasteiger partial charge in [0.25, 0.3) is 0 Å². The first-order chi connectivity index (χ1) is 22.1. The van der Waals surface area contributed by atoms with Gasteiger partial charge in [-0.2, -0.15) is 0 Å². The van der Waals surface area contributed by atoms with E-state index >= 15 is 0 Å². The van der Waals surface area contributed by atoms with Crippen LogP contribution in [0.4, 0.5) is 0 Å². The van der Waals surface area contributed by atoms with Crippen LogP contribution in [0.25, 0.3) is 0 Å². The Balaban J connectivity index is 4.18. The van der Waals surface area contributed by atoms with Gasteiger partial charge in [0.05, 0.1) is 33.9 Å². The van der Waals surface area contributed by atoms with E-state index < -0.39 is 13.9 Å². The quantitative estimate of drug-likeness (QED) is 0.0389. The molecule has 0 heterocycles. The van der Waals surface area contributed by atoms with E-state index in [9.17, 15) is 14.3 Å². The van der Waals surface area contributed by atoms with Crippen molar-refractivity contribution in [2.45, 2.75) is 180 Å². The van der Waals surface area contributed by atoms with Gasteiger partial charge in [0.1, 0.15) is 13.2 Å². The van der Waals surface area contributed by atoms with Crippen LogP contribution in [0.15, 0.2) is 0 Å². The molecule has 0 saturated carbocycles. The van der Waals surface area contributed by atoms with Crippen LogP contribution < -0.4 is 5.32 Å². The van der Waals surface area contributed by atoms with Crippen LogP contribution in [0.3, 0.4) is 0 Å². The minimum absolute atomic E-state index is 0.00209. The number of amides is 1. The number of rotatable bonds is 36. The molecule has 0 aromatic carbocycles. The van der Waals surface area contributed by atoms with E-state index in [1.54, 1.807) is 0 Å². The van der Waals surface area contributed by atoms with Gasteiger partial charge in [-0.25, -0.2) is 4.57 Å². The molecule has 276 valence electrons. The molecule has 1 amide bonds. The lowest BCUT2D eigenvalue weighted by atomic mass is 10.0. The summed E-state index contributed by atoms with van der Waals surface area (Å²) in [6, 6.07) is 0. The number of phosphoric acid groups is 1. The molecule has 0 aliphatic carbocycles. The van der Waals surface area contributed by atoms with Gasteiger partial charge in [-0.15, -0.1) is 0 Å². The standard InChI is InChI=1S/C37H77N2O6P/c1-6-8-10-12-14-16-17-18-19-20-21-22-24-26-28-30-37(40)38-34-36(35-45-46(41,42)44-33-31-39(3,4)5)43-32-29-27-25-23-15-13-11-9-7-2/h36H,6-35H2,1-5H3,(H-,38,40,41,42)/p+1. The van der Waals surface area contributed by atoms with Gasteiger partial charge in [-0.1, -0.05) is 155 Å². The number of hydrogen-bond donors (Lipinski definition) is 2. The second kappa shape index (κ2) is 31.7. The number of hydrogen-bond acceptors (Lipinski definition) is 5. The Morgan fingerprint density at radius 3 is 1.48 bits per heavy atom. The number of ether oxygens (including phenoxy) is 1. The zero-order chi connectivity index (χ0) is 34.2. The number of nitrogens with one attached hydrogen (secondary N) is 1. The fourth-order valence-electron chi connectivity index (χ4n) is 5.45. The number of unbranched alkanes of at least 4 members (excludes halogenated alkanes) is 22. The Morgan fingerprint density at radius 2 is 1.04 bits per heavy atom. The fraction of sp³-hybridized carbons (Fsp3) is 0.973. The van der Waals surface area contributed by atoms with Crippen molar-refractivity contribution < 1.29 is 32.5 Å². The summed E-state index contributed by atoms with van der Waals surface area (Å²) in [6.45, 7) is 5.91. The number of quaternary nitrogens is 1. The maximum Gasteiger partial charge on any atom is 0.472 e. The Labute approximate surface area is 285 Å². The minimum Gasteiger partial charge on any atom is -0.374 e. The molecule has 0 saturated heterocycles. The molecule has 0 rings (SSSR count). The number of phosphoric ester groups is 1. The third kappa shape index (κ3) is 34.8. The number of likely N-dealkylation sites (N-methyl/N-ethyl adjacent to an activating group) is 1. The molecule has 8 nitrogen and oxygen atoms in total. The van der Waals surface area contributed by atoms with Crippen molar-refractivity contribution in [3.8, 4) is 0 Å². The third-order valence-corrected chi connectivity index (χ3v) is 9.56. The normalized spacial score (nSPS) is 14.0. The van der Waals surface area contributed by atoms with E-state index in [2.05, 4.69) is 19.2 Å². The maximum absolute atomic E-state index is 12.5. The van der Waals surface area contributed by atoms with Crippen molar-refractivity contribution in [2.24, 2.45) is 0 Å². The number of nitrogens with zero attached hydrogens (tertiary/aromatic N) is 1. The molecular formula is C37H78N2O6P+. The van der Waals surface area contributed by atoms with Gasteiger partial charge in [0.2, 0.25) is 5.91 Å². The van der Waals surface area contributed by atoms with Crippen molar-refractivity contribution in [3.05, 3.63) is 0 Å².